The highest BCUT2D eigenvalue weighted by molar-refractivity contribution is 9.10. The Balaban J connectivity index is 3.29. The summed E-state index contributed by atoms with van der Waals surface area (Å²) in [7, 11) is 0. The number of aliphatic carboxylic acids is 1. The van der Waals surface area contributed by atoms with Crippen molar-refractivity contribution in [2.45, 2.75) is 13.8 Å². The van der Waals surface area contributed by atoms with Crippen LogP contribution in [0.25, 0.3) is 0 Å². The summed E-state index contributed by atoms with van der Waals surface area (Å²) < 4.78 is 0.599. The van der Waals surface area contributed by atoms with Crippen LogP contribution in [0.2, 0.25) is 0 Å². The minimum Gasteiger partial charge on any atom is -0.475 e. The number of ketones is 1. The van der Waals surface area contributed by atoms with Gasteiger partial charge >= 0.3 is 5.97 Å². The summed E-state index contributed by atoms with van der Waals surface area (Å²) in [6.45, 7) is 3.57. The lowest BCUT2D eigenvalue weighted by Crippen LogP contribution is -2.13. The molecule has 1 N–H and O–H groups in total. The Labute approximate surface area is 87.5 Å². The van der Waals surface area contributed by atoms with Crippen molar-refractivity contribution in [2.24, 2.45) is 0 Å². The van der Waals surface area contributed by atoms with Crippen molar-refractivity contribution < 1.29 is 14.7 Å². The van der Waals surface area contributed by atoms with Crippen molar-refractivity contribution in [3.05, 3.63) is 19.8 Å². The Morgan fingerprint density at radius 2 is 1.85 bits per heavy atom. The molecule has 13 heavy (non-hydrogen) atoms. The Kier molecular flexibility index (Phi) is 2.87. The molecule has 3 nitrogen and oxygen atoms in total. The third-order valence-electron chi connectivity index (χ3n) is 1.61. The largest absolute Gasteiger partial charge is 0.475 e. The van der Waals surface area contributed by atoms with Crippen LogP contribution >= 0.6 is 27.3 Å². The molecular formula is C8H7BrO3S. The van der Waals surface area contributed by atoms with Crippen LogP contribution in [0.3, 0.4) is 0 Å². The van der Waals surface area contributed by atoms with Crippen molar-refractivity contribution in [3.63, 3.8) is 0 Å². The van der Waals surface area contributed by atoms with Gasteiger partial charge in [-0.15, -0.1) is 11.3 Å². The topological polar surface area (TPSA) is 54.4 Å². The highest BCUT2D eigenvalue weighted by Gasteiger charge is 2.23. The fourth-order valence-electron chi connectivity index (χ4n) is 1.02. The van der Waals surface area contributed by atoms with E-state index in [1.54, 1.807) is 6.92 Å². The quantitative estimate of drug-likeness (QED) is 0.658. The molecule has 0 bridgehead atoms. The average molecular weight is 263 g/mol. The van der Waals surface area contributed by atoms with Crippen LogP contribution in [0.1, 0.15) is 20.1 Å². The van der Waals surface area contributed by atoms with Gasteiger partial charge in [-0.3, -0.25) is 4.79 Å². The van der Waals surface area contributed by atoms with E-state index in [1.807, 2.05) is 6.92 Å². The predicted octanol–water partition coefficient (Wildman–Crippen LogP) is 2.39. The molecule has 0 saturated heterocycles. The molecule has 5 heteroatoms. The molecule has 0 fully saturated rings. The van der Waals surface area contributed by atoms with Gasteiger partial charge in [0, 0.05) is 14.2 Å². The fourth-order valence-corrected chi connectivity index (χ4v) is 2.82. The van der Waals surface area contributed by atoms with E-state index in [9.17, 15) is 9.59 Å². The van der Waals surface area contributed by atoms with Crippen LogP contribution in [0.5, 0.6) is 0 Å². The van der Waals surface area contributed by atoms with Crippen molar-refractivity contribution in [1.29, 1.82) is 0 Å². The van der Waals surface area contributed by atoms with Crippen LogP contribution in [0, 0.1) is 13.8 Å². The minimum absolute atomic E-state index is 0.273. The first-order valence-corrected chi connectivity index (χ1v) is 5.09. The molecule has 0 unspecified atom stereocenters. The van der Waals surface area contributed by atoms with Crippen LogP contribution in [0.4, 0.5) is 0 Å². The first-order valence-electron chi connectivity index (χ1n) is 3.48. The molecule has 0 aliphatic carbocycles. The van der Waals surface area contributed by atoms with E-state index in [0.717, 1.165) is 9.75 Å². The molecular weight excluding hydrogens is 256 g/mol. The van der Waals surface area contributed by atoms with Gasteiger partial charge < -0.3 is 5.11 Å². The molecule has 0 saturated carbocycles. The predicted molar refractivity (Wildman–Crippen MR) is 53.5 cm³/mol. The number of halogens is 1. The number of carbonyl (C=O) groups is 2. The number of carboxylic acids is 1. The Morgan fingerprint density at radius 1 is 1.31 bits per heavy atom. The summed E-state index contributed by atoms with van der Waals surface area (Å²) in [5, 5.41) is 8.53. The lowest BCUT2D eigenvalue weighted by atomic mass is 10.1. The Bertz CT molecular complexity index is 381. The van der Waals surface area contributed by atoms with Crippen molar-refractivity contribution in [3.8, 4) is 0 Å². The molecule has 1 aromatic rings. The van der Waals surface area contributed by atoms with Crippen LogP contribution < -0.4 is 0 Å². The van der Waals surface area contributed by atoms with Crippen LogP contribution in [-0.4, -0.2) is 16.9 Å². The number of hydrogen-bond acceptors (Lipinski definition) is 3. The lowest BCUT2D eigenvalue weighted by molar-refractivity contribution is -0.131. The second kappa shape index (κ2) is 3.59. The lowest BCUT2D eigenvalue weighted by Gasteiger charge is -1.94. The van der Waals surface area contributed by atoms with Gasteiger partial charge in [0.05, 0.1) is 5.56 Å². The van der Waals surface area contributed by atoms with Gasteiger partial charge in [-0.25, -0.2) is 4.79 Å². The number of carbonyl (C=O) groups excluding carboxylic acids is 1. The van der Waals surface area contributed by atoms with Crippen molar-refractivity contribution >= 4 is 39.0 Å². The van der Waals surface area contributed by atoms with Gasteiger partial charge in [-0.2, -0.15) is 0 Å². The normalized spacial score (nSPS) is 10.1. The maximum absolute atomic E-state index is 11.2. The monoisotopic (exact) mass is 262 g/mol. The number of carboxylic acid groups (broad SMARTS) is 1. The Hall–Kier alpha value is -0.680. The number of aryl methyl sites for hydroxylation is 2. The van der Waals surface area contributed by atoms with Gasteiger partial charge in [0.25, 0.3) is 5.78 Å². The fraction of sp³-hybridized carbons (Fsp3) is 0.250. The molecule has 70 valence electrons. The van der Waals surface area contributed by atoms with Gasteiger partial charge in [0.2, 0.25) is 0 Å². The van der Waals surface area contributed by atoms with Crippen LogP contribution in [-0.2, 0) is 4.79 Å². The van der Waals surface area contributed by atoms with Crippen molar-refractivity contribution in [2.75, 3.05) is 0 Å². The zero-order chi connectivity index (χ0) is 10.2. The van der Waals surface area contributed by atoms with Gasteiger partial charge in [0.15, 0.2) is 0 Å². The first-order chi connectivity index (χ1) is 5.95. The SMILES string of the molecule is Cc1sc(C)c(C(=O)C(=O)O)c1Br. The van der Waals surface area contributed by atoms with Crippen molar-refractivity contribution in [1.82, 2.24) is 0 Å². The number of Topliss-reactive ketones (excluding diaryl/α,β-unsaturated/α-hetero) is 1. The van der Waals surface area contributed by atoms with Gasteiger partial charge in [-0.1, -0.05) is 0 Å². The number of rotatable bonds is 2. The third kappa shape index (κ3) is 1.81. The number of thiophene rings is 1. The summed E-state index contributed by atoms with van der Waals surface area (Å²) in [6, 6.07) is 0. The van der Waals surface area contributed by atoms with E-state index in [4.69, 9.17) is 5.11 Å². The van der Waals surface area contributed by atoms with E-state index in [0.29, 0.717) is 4.47 Å². The molecule has 0 aliphatic rings. The zero-order valence-corrected chi connectivity index (χ0v) is 9.45. The first kappa shape index (κ1) is 10.4. The van der Waals surface area contributed by atoms with E-state index in [2.05, 4.69) is 15.9 Å². The molecule has 0 aromatic carbocycles. The molecule has 1 heterocycles. The smallest absolute Gasteiger partial charge is 0.377 e. The van der Waals surface area contributed by atoms with E-state index in [1.165, 1.54) is 11.3 Å². The highest BCUT2D eigenvalue weighted by atomic mass is 79.9. The summed E-state index contributed by atoms with van der Waals surface area (Å²) in [4.78, 5) is 23.3. The van der Waals surface area contributed by atoms with E-state index < -0.39 is 11.8 Å². The maximum atomic E-state index is 11.2. The third-order valence-corrected chi connectivity index (χ3v) is 3.88. The summed E-state index contributed by atoms with van der Waals surface area (Å²) >= 11 is 4.61. The van der Waals surface area contributed by atoms with Gasteiger partial charge in [0.1, 0.15) is 0 Å². The average Bonchev–Trinajstić information content (AvgIpc) is 2.26. The molecule has 1 rings (SSSR count). The molecule has 0 aliphatic heterocycles. The molecule has 0 amide bonds. The van der Waals surface area contributed by atoms with E-state index >= 15 is 0 Å². The maximum Gasteiger partial charge on any atom is 0.377 e. The number of hydrogen-bond donors (Lipinski definition) is 1. The minimum atomic E-state index is -1.42. The second-order valence-electron chi connectivity index (χ2n) is 2.54. The Morgan fingerprint density at radius 3 is 2.15 bits per heavy atom. The molecule has 1 aromatic heterocycles. The van der Waals surface area contributed by atoms with E-state index in [-0.39, 0.29) is 5.56 Å². The van der Waals surface area contributed by atoms with Gasteiger partial charge in [-0.05, 0) is 29.8 Å². The zero-order valence-electron chi connectivity index (χ0n) is 7.05. The summed E-state index contributed by atoms with van der Waals surface area (Å²) in [5.74, 6) is -2.27. The summed E-state index contributed by atoms with van der Waals surface area (Å²) in [6.07, 6.45) is 0. The molecule has 0 radical (unpaired) electrons. The molecule has 0 atom stereocenters. The highest BCUT2D eigenvalue weighted by Crippen LogP contribution is 2.32. The van der Waals surface area contributed by atoms with Crippen LogP contribution in [0.15, 0.2) is 4.47 Å². The molecule has 0 spiro atoms. The second-order valence-corrected chi connectivity index (χ2v) is 4.76. The standard InChI is InChI=1S/C8H7BrO3S/c1-3-5(7(10)8(11)12)6(9)4(2)13-3/h1-2H3,(H,11,12). The summed E-state index contributed by atoms with van der Waals surface area (Å²) in [5.41, 5.74) is 0.273.